The molecule has 182 valence electrons. The topological polar surface area (TPSA) is 120 Å². The van der Waals surface area contributed by atoms with Crippen molar-refractivity contribution in [2.45, 2.75) is 43.7 Å². The van der Waals surface area contributed by atoms with E-state index in [1.165, 1.54) is 6.20 Å². The number of imide groups is 2. The van der Waals surface area contributed by atoms with Gasteiger partial charge in [-0.3, -0.25) is 34.4 Å². The van der Waals surface area contributed by atoms with E-state index in [1.54, 1.807) is 30.5 Å². The highest BCUT2D eigenvalue weighted by Gasteiger charge is 2.44. The number of amides is 4. The van der Waals surface area contributed by atoms with Crippen molar-refractivity contribution in [2.24, 2.45) is 0 Å². The van der Waals surface area contributed by atoms with Crippen LogP contribution in [-0.4, -0.2) is 59.2 Å². The molecule has 1 unspecified atom stereocenters. The molecule has 10 heteroatoms. The Balaban J connectivity index is 1.30. The van der Waals surface area contributed by atoms with Crippen molar-refractivity contribution in [3.63, 3.8) is 0 Å². The average molecular weight is 480 g/mol. The molecule has 3 aliphatic rings. The molecule has 0 radical (unpaired) electrons. The Kier molecular flexibility index (Phi) is 6.16. The fourth-order valence-corrected chi connectivity index (χ4v) is 5.33. The molecule has 3 N–H and O–H groups in total. The number of nitrogens with one attached hydrogen (secondary N) is 3. The number of fused-ring (bicyclic) bond motifs is 1. The van der Waals surface area contributed by atoms with Crippen molar-refractivity contribution in [1.82, 2.24) is 25.8 Å². The number of halogens is 1. The molecule has 2 saturated heterocycles. The second-order valence-electron chi connectivity index (χ2n) is 9.32. The highest BCUT2D eigenvalue weighted by molar-refractivity contribution is 6.23. The number of piperidine rings is 2. The van der Waals surface area contributed by atoms with Crippen molar-refractivity contribution in [1.29, 1.82) is 0 Å². The summed E-state index contributed by atoms with van der Waals surface area (Å²) >= 11 is 0. The van der Waals surface area contributed by atoms with Gasteiger partial charge >= 0.3 is 0 Å². The second-order valence-corrected chi connectivity index (χ2v) is 9.32. The van der Waals surface area contributed by atoms with Gasteiger partial charge in [-0.2, -0.15) is 0 Å². The molecule has 2 fully saturated rings. The zero-order chi connectivity index (χ0) is 24.6. The van der Waals surface area contributed by atoms with Gasteiger partial charge in [-0.25, -0.2) is 4.39 Å². The number of pyridine rings is 1. The summed E-state index contributed by atoms with van der Waals surface area (Å²) in [4.78, 5) is 54.4. The number of hydrogen-bond acceptors (Lipinski definition) is 7. The van der Waals surface area contributed by atoms with E-state index in [4.69, 9.17) is 0 Å². The first-order valence-corrected chi connectivity index (χ1v) is 11.8. The van der Waals surface area contributed by atoms with E-state index in [-0.39, 0.29) is 35.2 Å². The first-order chi connectivity index (χ1) is 16.9. The van der Waals surface area contributed by atoms with E-state index in [0.717, 1.165) is 36.4 Å². The summed E-state index contributed by atoms with van der Waals surface area (Å²) < 4.78 is 14.6. The fourth-order valence-electron chi connectivity index (χ4n) is 5.33. The zero-order valence-electron chi connectivity index (χ0n) is 19.1. The van der Waals surface area contributed by atoms with Gasteiger partial charge in [-0.05, 0) is 61.7 Å². The predicted octanol–water partition coefficient (Wildman–Crippen LogP) is 1.03. The Morgan fingerprint density at radius 3 is 2.60 bits per heavy atom. The molecule has 4 amide bonds. The average Bonchev–Trinajstić information content (AvgIpc) is 3.09. The van der Waals surface area contributed by atoms with Gasteiger partial charge < -0.3 is 10.6 Å². The van der Waals surface area contributed by atoms with Crippen LogP contribution < -0.4 is 16.0 Å². The van der Waals surface area contributed by atoms with Gasteiger partial charge in [0.1, 0.15) is 11.9 Å². The van der Waals surface area contributed by atoms with Crippen LogP contribution in [0.15, 0.2) is 36.7 Å². The lowest BCUT2D eigenvalue weighted by atomic mass is 9.73. The standard InChI is InChI=1S/C25H26FN5O4/c26-19-13-28-8-5-18(19)25(6-9-27-10-7-25)14-29-12-15-1-2-16-17(11-15)24(35)31(23(16)34)20-3-4-21(32)30-22(20)33/h1-2,5,8,11,13,20,27,29H,3-4,6-7,9-10,12,14H2,(H,30,32,33). The molecular weight excluding hydrogens is 453 g/mol. The van der Waals surface area contributed by atoms with Crippen molar-refractivity contribution in [3.8, 4) is 0 Å². The van der Waals surface area contributed by atoms with Crippen LogP contribution in [-0.2, 0) is 21.5 Å². The van der Waals surface area contributed by atoms with Gasteiger partial charge in [0.25, 0.3) is 11.8 Å². The van der Waals surface area contributed by atoms with Gasteiger partial charge in [0.05, 0.1) is 17.3 Å². The van der Waals surface area contributed by atoms with Crippen molar-refractivity contribution in [2.75, 3.05) is 19.6 Å². The predicted molar refractivity (Wildman–Crippen MR) is 123 cm³/mol. The van der Waals surface area contributed by atoms with Crippen LogP contribution in [0.5, 0.6) is 0 Å². The Morgan fingerprint density at radius 2 is 1.86 bits per heavy atom. The number of nitrogens with zero attached hydrogens (tertiary/aromatic N) is 2. The van der Waals surface area contributed by atoms with E-state index < -0.39 is 29.7 Å². The molecule has 1 aromatic heterocycles. The third-order valence-corrected chi connectivity index (χ3v) is 7.20. The maximum atomic E-state index is 14.6. The van der Waals surface area contributed by atoms with Gasteiger partial charge in [0, 0.05) is 31.1 Å². The molecule has 3 aliphatic heterocycles. The number of rotatable bonds is 6. The summed E-state index contributed by atoms with van der Waals surface area (Å²) in [5, 5.41) is 8.94. The Bertz CT molecular complexity index is 1210. The molecule has 9 nitrogen and oxygen atoms in total. The third-order valence-electron chi connectivity index (χ3n) is 7.20. The van der Waals surface area contributed by atoms with Crippen LogP contribution in [0.2, 0.25) is 0 Å². The molecule has 0 bridgehead atoms. The van der Waals surface area contributed by atoms with Crippen molar-refractivity contribution in [3.05, 3.63) is 64.7 Å². The Hall–Kier alpha value is -3.50. The number of benzene rings is 1. The molecule has 1 aromatic carbocycles. The highest BCUT2D eigenvalue weighted by atomic mass is 19.1. The lowest BCUT2D eigenvalue weighted by Crippen LogP contribution is -2.54. The van der Waals surface area contributed by atoms with Gasteiger partial charge in [0.2, 0.25) is 11.8 Å². The lowest BCUT2D eigenvalue weighted by Gasteiger charge is -2.38. The summed E-state index contributed by atoms with van der Waals surface area (Å²) in [5.74, 6) is -2.41. The van der Waals surface area contributed by atoms with Crippen LogP contribution >= 0.6 is 0 Å². The van der Waals surface area contributed by atoms with E-state index in [0.29, 0.717) is 18.7 Å². The van der Waals surface area contributed by atoms with E-state index >= 15 is 0 Å². The molecule has 0 spiro atoms. The zero-order valence-corrected chi connectivity index (χ0v) is 19.1. The Morgan fingerprint density at radius 1 is 1.09 bits per heavy atom. The normalized spacial score (nSPS) is 21.7. The van der Waals surface area contributed by atoms with Crippen LogP contribution in [0.1, 0.15) is 57.5 Å². The first-order valence-electron chi connectivity index (χ1n) is 11.8. The van der Waals surface area contributed by atoms with Gasteiger partial charge in [0.15, 0.2) is 0 Å². The fraction of sp³-hybridized carbons (Fsp3) is 0.400. The summed E-state index contributed by atoms with van der Waals surface area (Å²) in [7, 11) is 0. The van der Waals surface area contributed by atoms with Crippen LogP contribution in [0, 0.1) is 5.82 Å². The maximum absolute atomic E-state index is 14.6. The van der Waals surface area contributed by atoms with Crippen molar-refractivity contribution >= 4 is 23.6 Å². The molecule has 0 saturated carbocycles. The van der Waals surface area contributed by atoms with Crippen LogP contribution in [0.4, 0.5) is 4.39 Å². The maximum Gasteiger partial charge on any atom is 0.262 e. The first kappa shape index (κ1) is 23.3. The summed E-state index contributed by atoms with van der Waals surface area (Å²) in [6.07, 6.45) is 4.61. The molecule has 4 heterocycles. The Labute approximate surface area is 201 Å². The SMILES string of the molecule is O=C1CCC(N2C(=O)c3ccc(CNCC4(c5ccncc5F)CCNCC4)cc3C2=O)C(=O)N1. The number of carbonyl (C=O) groups is 4. The summed E-state index contributed by atoms with van der Waals surface area (Å²) in [6.45, 7) is 2.54. The van der Waals surface area contributed by atoms with Gasteiger partial charge in [-0.15, -0.1) is 0 Å². The number of carbonyl (C=O) groups excluding carboxylic acids is 4. The second kappa shape index (κ2) is 9.27. The molecule has 35 heavy (non-hydrogen) atoms. The summed E-state index contributed by atoms with van der Waals surface area (Å²) in [5.41, 5.74) is 1.57. The number of hydrogen-bond donors (Lipinski definition) is 3. The minimum atomic E-state index is -0.989. The smallest absolute Gasteiger partial charge is 0.262 e. The summed E-state index contributed by atoms with van der Waals surface area (Å²) in [6, 6.07) is 5.79. The highest BCUT2D eigenvalue weighted by Crippen LogP contribution is 2.34. The minimum absolute atomic E-state index is 0.0777. The minimum Gasteiger partial charge on any atom is -0.317 e. The van der Waals surface area contributed by atoms with Crippen LogP contribution in [0.3, 0.4) is 0 Å². The van der Waals surface area contributed by atoms with Crippen molar-refractivity contribution < 1.29 is 23.6 Å². The van der Waals surface area contributed by atoms with E-state index in [1.807, 2.05) is 0 Å². The van der Waals surface area contributed by atoms with E-state index in [9.17, 15) is 23.6 Å². The van der Waals surface area contributed by atoms with Gasteiger partial charge in [-0.1, -0.05) is 6.07 Å². The van der Waals surface area contributed by atoms with Crippen LogP contribution in [0.25, 0.3) is 0 Å². The number of aromatic nitrogens is 1. The quantitative estimate of drug-likeness (QED) is 0.530. The lowest BCUT2D eigenvalue weighted by molar-refractivity contribution is -0.136. The molecular formula is C25H26FN5O4. The third kappa shape index (κ3) is 4.23. The molecule has 1 atom stereocenters. The molecule has 2 aromatic rings. The largest absolute Gasteiger partial charge is 0.317 e. The molecule has 0 aliphatic carbocycles. The monoisotopic (exact) mass is 479 g/mol. The van der Waals surface area contributed by atoms with E-state index in [2.05, 4.69) is 20.9 Å². The molecule has 5 rings (SSSR count).